The highest BCUT2D eigenvalue weighted by Crippen LogP contribution is 2.17. The van der Waals surface area contributed by atoms with Gasteiger partial charge in [-0.3, -0.25) is 4.98 Å². The molecule has 1 aromatic carbocycles. The van der Waals surface area contributed by atoms with E-state index in [1.165, 1.54) is 6.08 Å². The molecular formula is C16H14N6O2. The van der Waals surface area contributed by atoms with E-state index < -0.39 is 5.97 Å². The van der Waals surface area contributed by atoms with E-state index in [1.54, 1.807) is 12.3 Å². The zero-order valence-electron chi connectivity index (χ0n) is 12.6. The number of esters is 1. The van der Waals surface area contributed by atoms with Crippen LogP contribution in [0.25, 0.3) is 17.0 Å². The summed E-state index contributed by atoms with van der Waals surface area (Å²) >= 11 is 0. The van der Waals surface area contributed by atoms with Gasteiger partial charge in [0.05, 0.1) is 5.52 Å². The Morgan fingerprint density at radius 1 is 1.08 bits per heavy atom. The fourth-order valence-corrected chi connectivity index (χ4v) is 2.13. The smallest absolute Gasteiger partial charge is 0.331 e. The van der Waals surface area contributed by atoms with Crippen molar-refractivity contribution in [2.45, 2.75) is 6.61 Å². The summed E-state index contributed by atoms with van der Waals surface area (Å²) in [7, 11) is 0. The van der Waals surface area contributed by atoms with E-state index in [1.807, 2.05) is 30.3 Å². The van der Waals surface area contributed by atoms with Crippen molar-refractivity contribution in [1.82, 2.24) is 19.9 Å². The lowest BCUT2D eigenvalue weighted by Crippen LogP contribution is -2.09. The summed E-state index contributed by atoms with van der Waals surface area (Å²) in [5, 5.41) is 0.990. The monoisotopic (exact) mass is 322 g/mol. The average molecular weight is 322 g/mol. The Balaban J connectivity index is 1.69. The van der Waals surface area contributed by atoms with Gasteiger partial charge in [0.1, 0.15) is 0 Å². The van der Waals surface area contributed by atoms with Gasteiger partial charge in [-0.05, 0) is 12.1 Å². The molecule has 0 spiro atoms. The quantitative estimate of drug-likeness (QED) is 0.543. The summed E-state index contributed by atoms with van der Waals surface area (Å²) in [4.78, 5) is 27.4. The summed E-state index contributed by atoms with van der Waals surface area (Å²) in [5.41, 5.74) is 12.5. The minimum absolute atomic E-state index is 0.0223. The molecule has 0 radical (unpaired) electrons. The van der Waals surface area contributed by atoms with Gasteiger partial charge in [-0.15, -0.1) is 0 Å². The van der Waals surface area contributed by atoms with E-state index in [-0.39, 0.29) is 24.3 Å². The molecule has 0 amide bonds. The van der Waals surface area contributed by atoms with Crippen molar-refractivity contribution in [3.05, 3.63) is 54.0 Å². The van der Waals surface area contributed by atoms with Crippen LogP contribution < -0.4 is 11.5 Å². The third-order valence-electron chi connectivity index (χ3n) is 3.12. The number of para-hydroxylation sites is 1. The number of nitrogen functional groups attached to an aromatic ring is 2. The largest absolute Gasteiger partial charge is 0.454 e. The summed E-state index contributed by atoms with van der Waals surface area (Å²) in [6.07, 6.45) is 4.67. The molecule has 0 aliphatic rings. The highest BCUT2D eigenvalue weighted by atomic mass is 16.5. The fraction of sp³-hybridized carbons (Fsp3) is 0.0625. The highest BCUT2D eigenvalue weighted by molar-refractivity contribution is 5.92. The van der Waals surface area contributed by atoms with Crippen LogP contribution in [0.2, 0.25) is 0 Å². The molecule has 8 heteroatoms. The maximum Gasteiger partial charge on any atom is 0.331 e. The minimum Gasteiger partial charge on any atom is -0.454 e. The summed E-state index contributed by atoms with van der Waals surface area (Å²) in [5.74, 6) is -0.397. The maximum absolute atomic E-state index is 11.8. The van der Waals surface area contributed by atoms with E-state index in [2.05, 4.69) is 19.9 Å². The number of fused-ring (bicyclic) bond motifs is 1. The summed E-state index contributed by atoms with van der Waals surface area (Å²) < 4.78 is 5.06. The molecule has 120 valence electrons. The van der Waals surface area contributed by atoms with Gasteiger partial charge in [0.15, 0.2) is 12.4 Å². The van der Waals surface area contributed by atoms with Gasteiger partial charge in [0.2, 0.25) is 11.9 Å². The molecule has 0 aliphatic carbocycles. The lowest BCUT2D eigenvalue weighted by Gasteiger charge is -2.03. The van der Waals surface area contributed by atoms with Crippen LogP contribution in [-0.4, -0.2) is 25.9 Å². The number of benzene rings is 1. The van der Waals surface area contributed by atoms with Crippen LogP contribution in [-0.2, 0) is 16.1 Å². The zero-order valence-corrected chi connectivity index (χ0v) is 12.6. The maximum atomic E-state index is 11.8. The van der Waals surface area contributed by atoms with E-state index in [0.29, 0.717) is 0 Å². The van der Waals surface area contributed by atoms with Crippen LogP contribution in [0.1, 0.15) is 11.4 Å². The molecule has 24 heavy (non-hydrogen) atoms. The number of hydrogen-bond acceptors (Lipinski definition) is 8. The average Bonchev–Trinajstić information content (AvgIpc) is 2.57. The fourth-order valence-electron chi connectivity index (χ4n) is 2.13. The van der Waals surface area contributed by atoms with Crippen molar-refractivity contribution in [3.8, 4) is 0 Å². The molecule has 3 rings (SSSR count). The third-order valence-corrected chi connectivity index (χ3v) is 3.12. The predicted octanol–water partition coefficient (Wildman–Crippen LogP) is 1.34. The second-order valence-electron chi connectivity index (χ2n) is 4.83. The summed E-state index contributed by atoms with van der Waals surface area (Å²) in [6.45, 7) is -0.145. The first-order chi connectivity index (χ1) is 11.6. The normalized spacial score (nSPS) is 11.0. The number of carbonyl (C=O) groups is 1. The van der Waals surface area contributed by atoms with Gasteiger partial charge in [0, 0.05) is 23.2 Å². The molecule has 0 saturated carbocycles. The second kappa shape index (κ2) is 6.69. The Morgan fingerprint density at radius 2 is 1.83 bits per heavy atom. The second-order valence-corrected chi connectivity index (χ2v) is 4.83. The predicted molar refractivity (Wildman–Crippen MR) is 89.2 cm³/mol. The molecule has 0 aliphatic heterocycles. The van der Waals surface area contributed by atoms with Gasteiger partial charge in [-0.25, -0.2) is 4.79 Å². The van der Waals surface area contributed by atoms with Gasteiger partial charge >= 0.3 is 5.97 Å². The third kappa shape index (κ3) is 3.61. The Morgan fingerprint density at radius 3 is 2.62 bits per heavy atom. The van der Waals surface area contributed by atoms with E-state index in [0.717, 1.165) is 16.5 Å². The molecule has 0 unspecified atom stereocenters. The Kier molecular flexibility index (Phi) is 4.28. The number of nitrogens with zero attached hydrogens (tertiary/aromatic N) is 4. The first-order valence-corrected chi connectivity index (χ1v) is 7.06. The van der Waals surface area contributed by atoms with Crippen molar-refractivity contribution in [3.63, 3.8) is 0 Å². The van der Waals surface area contributed by atoms with Crippen LogP contribution in [0, 0.1) is 0 Å². The Hall–Kier alpha value is -3.55. The topological polar surface area (TPSA) is 130 Å². The number of rotatable bonds is 4. The molecule has 2 aromatic heterocycles. The van der Waals surface area contributed by atoms with E-state index in [4.69, 9.17) is 16.2 Å². The van der Waals surface area contributed by atoms with Crippen LogP contribution in [0.5, 0.6) is 0 Å². The molecule has 0 saturated heterocycles. The molecule has 0 atom stereocenters. The number of hydrogen-bond donors (Lipinski definition) is 2. The minimum atomic E-state index is -0.541. The number of anilines is 2. The molecule has 8 nitrogen and oxygen atoms in total. The molecule has 0 fully saturated rings. The lowest BCUT2D eigenvalue weighted by molar-refractivity contribution is -0.139. The molecule has 4 N–H and O–H groups in total. The molecule has 0 bridgehead atoms. The highest BCUT2D eigenvalue weighted by Gasteiger charge is 2.05. The van der Waals surface area contributed by atoms with Gasteiger partial charge < -0.3 is 16.2 Å². The molecule has 2 heterocycles. The first kappa shape index (κ1) is 15.3. The van der Waals surface area contributed by atoms with Crippen molar-refractivity contribution < 1.29 is 9.53 Å². The van der Waals surface area contributed by atoms with Crippen LogP contribution >= 0.6 is 0 Å². The number of carbonyl (C=O) groups excluding carboxylic acids is 1. The number of ether oxygens (including phenoxy) is 1. The van der Waals surface area contributed by atoms with Gasteiger partial charge in [-0.2, -0.15) is 15.0 Å². The van der Waals surface area contributed by atoms with Crippen LogP contribution in [0.15, 0.2) is 42.6 Å². The Labute approximate surface area is 137 Å². The van der Waals surface area contributed by atoms with Crippen molar-refractivity contribution in [1.29, 1.82) is 0 Å². The van der Waals surface area contributed by atoms with Crippen LogP contribution in [0.3, 0.4) is 0 Å². The van der Waals surface area contributed by atoms with Crippen molar-refractivity contribution in [2.75, 3.05) is 11.5 Å². The van der Waals surface area contributed by atoms with Gasteiger partial charge in [0.25, 0.3) is 0 Å². The lowest BCUT2D eigenvalue weighted by atomic mass is 10.1. The van der Waals surface area contributed by atoms with E-state index >= 15 is 0 Å². The zero-order chi connectivity index (χ0) is 16.9. The Bertz CT molecular complexity index is 900. The number of nitrogens with two attached hydrogens (primary N) is 2. The van der Waals surface area contributed by atoms with Crippen LogP contribution in [0.4, 0.5) is 11.9 Å². The molecular weight excluding hydrogens is 308 g/mol. The summed E-state index contributed by atoms with van der Waals surface area (Å²) in [6, 6.07) is 9.52. The SMILES string of the molecule is Nc1nc(N)nc(COC(=O)/C=C/c2cccc3cccnc23)n1. The number of aromatic nitrogens is 4. The number of pyridine rings is 1. The molecule has 3 aromatic rings. The van der Waals surface area contributed by atoms with Gasteiger partial charge in [-0.1, -0.05) is 24.3 Å². The standard InChI is InChI=1S/C16H14N6O2/c17-15-20-12(21-16(18)22-15)9-24-13(23)7-6-11-4-1-3-10-5-2-8-19-14(10)11/h1-8H,9H2,(H4,17,18,20,21,22)/b7-6+. The van der Waals surface area contributed by atoms with Crippen molar-refractivity contribution >= 4 is 34.8 Å². The van der Waals surface area contributed by atoms with E-state index in [9.17, 15) is 4.79 Å². The first-order valence-electron chi connectivity index (χ1n) is 7.06. The van der Waals surface area contributed by atoms with Crippen molar-refractivity contribution in [2.24, 2.45) is 0 Å².